The summed E-state index contributed by atoms with van der Waals surface area (Å²) in [5.41, 5.74) is -0.0506. The largest absolute Gasteiger partial charge is 0.385 e. The summed E-state index contributed by atoms with van der Waals surface area (Å²) in [5.74, 6) is 0.509. The van der Waals surface area contributed by atoms with Gasteiger partial charge in [-0.1, -0.05) is 0 Å². The Morgan fingerprint density at radius 2 is 1.95 bits per heavy atom. The number of hydrogen-bond acceptors (Lipinski definition) is 5. The number of ether oxygens (including phenoxy) is 1. The van der Waals surface area contributed by atoms with Crippen molar-refractivity contribution < 1.29 is 4.74 Å². The van der Waals surface area contributed by atoms with Crippen molar-refractivity contribution in [3.05, 3.63) is 20.8 Å². The number of nitrogens with one attached hydrogen (secondary N) is 2. The monoisotopic (exact) mass is 295 g/mol. The third-order valence-electron chi connectivity index (χ3n) is 3.41. The molecule has 0 aromatic carbocycles. The molecule has 116 valence electrons. The number of fused-ring (bicyclic) bond motifs is 1. The second kappa shape index (κ2) is 6.57. The Bertz CT molecular complexity index is 728. The molecule has 2 aromatic heterocycles. The molecule has 0 aliphatic rings. The number of anilines is 1. The minimum absolute atomic E-state index is 0.335. The normalized spacial score (nSPS) is 11.2. The first kappa shape index (κ1) is 15.3. The zero-order valence-corrected chi connectivity index (χ0v) is 12.6. The van der Waals surface area contributed by atoms with E-state index >= 15 is 0 Å². The van der Waals surface area contributed by atoms with E-state index in [9.17, 15) is 9.59 Å². The van der Waals surface area contributed by atoms with Crippen LogP contribution in [-0.2, 0) is 18.8 Å². The van der Waals surface area contributed by atoms with Crippen molar-refractivity contribution in [2.24, 2.45) is 14.1 Å². The van der Waals surface area contributed by atoms with E-state index < -0.39 is 0 Å². The van der Waals surface area contributed by atoms with E-state index in [0.717, 1.165) is 37.0 Å². The molecule has 0 saturated carbocycles. The van der Waals surface area contributed by atoms with Crippen LogP contribution in [0.25, 0.3) is 11.2 Å². The van der Waals surface area contributed by atoms with E-state index in [1.807, 2.05) is 0 Å². The van der Waals surface area contributed by atoms with Crippen LogP contribution < -0.4 is 16.6 Å². The van der Waals surface area contributed by atoms with E-state index in [2.05, 4.69) is 15.3 Å². The van der Waals surface area contributed by atoms with Gasteiger partial charge in [0.2, 0.25) is 5.95 Å². The van der Waals surface area contributed by atoms with Crippen LogP contribution in [0.2, 0.25) is 0 Å². The Kier molecular flexibility index (Phi) is 4.79. The molecule has 0 spiro atoms. The summed E-state index contributed by atoms with van der Waals surface area (Å²) in [7, 11) is 4.74. The van der Waals surface area contributed by atoms with Gasteiger partial charge in [-0.2, -0.15) is 4.98 Å². The molecule has 2 heterocycles. The summed E-state index contributed by atoms with van der Waals surface area (Å²) >= 11 is 0. The van der Waals surface area contributed by atoms with Gasteiger partial charge in [-0.25, -0.2) is 4.79 Å². The number of unbranched alkanes of at least 4 members (excludes halogenated alkanes) is 2. The van der Waals surface area contributed by atoms with Crippen LogP contribution in [0.5, 0.6) is 0 Å². The SMILES string of the molecule is COCCCCCNc1nc2c([nH]1)c(=O)n(C)c(=O)n2C. The van der Waals surface area contributed by atoms with Crippen LogP contribution in [0.3, 0.4) is 0 Å². The number of hydrogen-bond donors (Lipinski definition) is 2. The number of aryl methyl sites for hydroxylation is 1. The summed E-state index contributed by atoms with van der Waals surface area (Å²) in [6, 6.07) is 0. The highest BCUT2D eigenvalue weighted by molar-refractivity contribution is 5.72. The van der Waals surface area contributed by atoms with Gasteiger partial charge in [-0.3, -0.25) is 13.9 Å². The summed E-state index contributed by atoms with van der Waals surface area (Å²) < 4.78 is 7.41. The summed E-state index contributed by atoms with van der Waals surface area (Å²) in [6.07, 6.45) is 3.06. The van der Waals surface area contributed by atoms with Gasteiger partial charge < -0.3 is 15.0 Å². The zero-order valence-electron chi connectivity index (χ0n) is 12.6. The number of aromatic amines is 1. The summed E-state index contributed by atoms with van der Waals surface area (Å²) in [4.78, 5) is 31.0. The quantitative estimate of drug-likeness (QED) is 0.711. The van der Waals surface area contributed by atoms with Crippen LogP contribution in [0.1, 0.15) is 19.3 Å². The molecule has 2 rings (SSSR count). The Hall–Kier alpha value is -2.09. The number of aromatic nitrogens is 4. The molecule has 0 bridgehead atoms. The first-order chi connectivity index (χ1) is 10.1. The van der Waals surface area contributed by atoms with Crippen molar-refractivity contribution in [2.75, 3.05) is 25.6 Å². The van der Waals surface area contributed by atoms with Crippen molar-refractivity contribution in [1.82, 2.24) is 19.1 Å². The van der Waals surface area contributed by atoms with Crippen LogP contribution >= 0.6 is 0 Å². The van der Waals surface area contributed by atoms with Gasteiger partial charge in [0, 0.05) is 34.4 Å². The molecular weight excluding hydrogens is 274 g/mol. The van der Waals surface area contributed by atoms with Crippen LogP contribution in [-0.4, -0.2) is 39.4 Å². The van der Waals surface area contributed by atoms with Gasteiger partial charge in [0.25, 0.3) is 5.56 Å². The molecule has 0 aliphatic carbocycles. The minimum atomic E-state index is -0.384. The standard InChI is InChI=1S/C13H21N5O3/c1-17-10-9(11(19)18(2)13(17)20)15-12(16-10)14-7-5-4-6-8-21-3/h4-8H2,1-3H3,(H2,14,15,16). The second-order valence-corrected chi connectivity index (χ2v) is 4.97. The molecule has 0 saturated heterocycles. The Balaban J connectivity index is 2.10. The molecule has 0 radical (unpaired) electrons. The maximum absolute atomic E-state index is 12.0. The average molecular weight is 295 g/mol. The van der Waals surface area contributed by atoms with Gasteiger partial charge in [0.05, 0.1) is 0 Å². The maximum Gasteiger partial charge on any atom is 0.332 e. The fraction of sp³-hybridized carbons (Fsp3) is 0.615. The van der Waals surface area contributed by atoms with Crippen LogP contribution in [0.15, 0.2) is 9.59 Å². The van der Waals surface area contributed by atoms with E-state index in [1.54, 1.807) is 14.2 Å². The predicted molar refractivity (Wildman–Crippen MR) is 80.8 cm³/mol. The first-order valence-electron chi connectivity index (χ1n) is 6.94. The minimum Gasteiger partial charge on any atom is -0.385 e. The van der Waals surface area contributed by atoms with E-state index in [1.165, 1.54) is 11.6 Å². The smallest absolute Gasteiger partial charge is 0.332 e. The number of imidazole rings is 1. The molecule has 8 heteroatoms. The molecular formula is C13H21N5O3. The Labute approximate surface area is 121 Å². The third-order valence-corrected chi connectivity index (χ3v) is 3.41. The average Bonchev–Trinajstić information content (AvgIpc) is 2.91. The van der Waals surface area contributed by atoms with Crippen molar-refractivity contribution >= 4 is 17.1 Å². The fourth-order valence-corrected chi connectivity index (χ4v) is 2.16. The molecule has 0 unspecified atom stereocenters. The highest BCUT2D eigenvalue weighted by Gasteiger charge is 2.12. The topological polar surface area (TPSA) is 93.9 Å². The van der Waals surface area contributed by atoms with Crippen molar-refractivity contribution in [3.63, 3.8) is 0 Å². The van der Waals surface area contributed by atoms with E-state index in [0.29, 0.717) is 17.1 Å². The number of nitrogens with zero attached hydrogens (tertiary/aromatic N) is 3. The van der Waals surface area contributed by atoms with Crippen molar-refractivity contribution in [1.29, 1.82) is 0 Å². The lowest BCUT2D eigenvalue weighted by molar-refractivity contribution is 0.192. The maximum atomic E-state index is 12.0. The van der Waals surface area contributed by atoms with Gasteiger partial charge in [-0.15, -0.1) is 0 Å². The molecule has 0 aliphatic heterocycles. The summed E-state index contributed by atoms with van der Waals surface area (Å²) in [5, 5.41) is 3.13. The molecule has 2 aromatic rings. The fourth-order valence-electron chi connectivity index (χ4n) is 2.16. The molecule has 0 atom stereocenters. The molecule has 0 amide bonds. The van der Waals surface area contributed by atoms with Gasteiger partial charge in [0.1, 0.15) is 0 Å². The van der Waals surface area contributed by atoms with E-state index in [4.69, 9.17) is 4.74 Å². The molecule has 21 heavy (non-hydrogen) atoms. The number of rotatable bonds is 7. The summed E-state index contributed by atoms with van der Waals surface area (Å²) in [6.45, 7) is 1.51. The van der Waals surface area contributed by atoms with E-state index in [-0.39, 0.29) is 11.2 Å². The Morgan fingerprint density at radius 1 is 1.19 bits per heavy atom. The highest BCUT2D eigenvalue weighted by atomic mass is 16.5. The predicted octanol–water partition coefficient (Wildman–Crippen LogP) is 0.189. The lowest BCUT2D eigenvalue weighted by Crippen LogP contribution is -2.36. The van der Waals surface area contributed by atoms with Gasteiger partial charge in [0.15, 0.2) is 11.2 Å². The zero-order chi connectivity index (χ0) is 15.4. The second-order valence-electron chi connectivity index (χ2n) is 4.97. The molecule has 8 nitrogen and oxygen atoms in total. The lowest BCUT2D eigenvalue weighted by Gasteiger charge is -2.02. The van der Waals surface area contributed by atoms with Gasteiger partial charge in [-0.05, 0) is 19.3 Å². The highest BCUT2D eigenvalue weighted by Crippen LogP contribution is 2.08. The molecule has 2 N–H and O–H groups in total. The first-order valence-corrected chi connectivity index (χ1v) is 6.94. The van der Waals surface area contributed by atoms with Crippen LogP contribution in [0, 0.1) is 0 Å². The Morgan fingerprint density at radius 3 is 2.67 bits per heavy atom. The lowest BCUT2D eigenvalue weighted by atomic mass is 10.2. The number of H-pyrrole nitrogens is 1. The molecule has 0 fully saturated rings. The van der Waals surface area contributed by atoms with Crippen molar-refractivity contribution in [3.8, 4) is 0 Å². The third kappa shape index (κ3) is 3.15. The van der Waals surface area contributed by atoms with Gasteiger partial charge >= 0.3 is 5.69 Å². The number of methoxy groups -OCH3 is 1. The van der Waals surface area contributed by atoms with Crippen LogP contribution in [0.4, 0.5) is 5.95 Å². The van der Waals surface area contributed by atoms with Crippen molar-refractivity contribution in [2.45, 2.75) is 19.3 Å².